The fraction of sp³-hybridized carbons (Fsp3) is 0.593. The molecule has 7 rings (SSSR count). The topological polar surface area (TPSA) is 109 Å². The Hall–Kier alpha value is -2.85. The summed E-state index contributed by atoms with van der Waals surface area (Å²) in [7, 11) is 0. The Morgan fingerprint density at radius 2 is 1.97 bits per heavy atom. The van der Waals surface area contributed by atoms with Crippen molar-refractivity contribution in [1.82, 2.24) is 9.97 Å². The quantitative estimate of drug-likeness (QED) is 0.594. The summed E-state index contributed by atoms with van der Waals surface area (Å²) in [6, 6.07) is 8.91. The predicted molar refractivity (Wildman–Crippen MR) is 131 cm³/mol. The first-order valence-corrected chi connectivity index (χ1v) is 12.6. The number of aromatic nitrogens is 2. The van der Waals surface area contributed by atoms with E-state index >= 15 is 0 Å². The average molecular weight is 459 g/mol. The lowest BCUT2D eigenvalue weighted by Gasteiger charge is -2.59. The summed E-state index contributed by atoms with van der Waals surface area (Å²) < 4.78 is 6.19. The summed E-state index contributed by atoms with van der Waals surface area (Å²) in [5, 5.41) is 16.5. The van der Waals surface area contributed by atoms with Crippen molar-refractivity contribution >= 4 is 11.8 Å². The van der Waals surface area contributed by atoms with Gasteiger partial charge < -0.3 is 21.1 Å². The molecule has 1 aromatic heterocycles. The standard InChI is InChI=1S/C27H34N6O/c1-26(2)9-17-4-3-5-18(23(17)34-26)13-30-25-31-14-21(12-28)24(33-25)32-15-27-8-16-6-19(10-27)22(29)20(7-16)11-27/h3-5,14,16,19-20,22H,6-11,13,15,29H2,1-2H3,(H2,30,31,32,33)/t16?,19-,20+,22?,27?. The van der Waals surface area contributed by atoms with Crippen LogP contribution >= 0.6 is 0 Å². The normalized spacial score (nSPS) is 32.1. The molecule has 0 saturated heterocycles. The van der Waals surface area contributed by atoms with Gasteiger partial charge in [-0.25, -0.2) is 4.98 Å². The highest BCUT2D eigenvalue weighted by Crippen LogP contribution is 2.59. The van der Waals surface area contributed by atoms with E-state index in [1.807, 2.05) is 0 Å². The molecule has 4 aliphatic carbocycles. The number of hydrogen-bond donors (Lipinski definition) is 3. The van der Waals surface area contributed by atoms with Gasteiger partial charge in [0.1, 0.15) is 28.8 Å². The Balaban J connectivity index is 1.16. The molecule has 2 heterocycles. The number of nitriles is 1. The van der Waals surface area contributed by atoms with Crippen LogP contribution in [-0.4, -0.2) is 28.2 Å². The summed E-state index contributed by atoms with van der Waals surface area (Å²) in [5.74, 6) is 4.24. The van der Waals surface area contributed by atoms with Gasteiger partial charge in [-0.3, -0.25) is 0 Å². The first-order valence-electron chi connectivity index (χ1n) is 12.6. The van der Waals surface area contributed by atoms with Gasteiger partial charge in [-0.15, -0.1) is 0 Å². The summed E-state index contributed by atoms with van der Waals surface area (Å²) in [6.45, 7) is 5.65. The summed E-state index contributed by atoms with van der Waals surface area (Å²) in [6.07, 6.45) is 8.79. The molecule has 4 saturated carbocycles. The molecule has 3 unspecified atom stereocenters. The SMILES string of the molecule is CC1(C)Cc2cccc(CNc3ncc(C#N)c(NCC45CC6C[C@H](C4)C(N)[C@@H](C6)C5)n3)c2O1. The third-order valence-electron chi connectivity index (χ3n) is 8.62. The second kappa shape index (κ2) is 7.84. The second-order valence-corrected chi connectivity index (χ2v) is 11.8. The minimum atomic E-state index is -0.179. The molecule has 178 valence electrons. The van der Waals surface area contributed by atoms with E-state index in [1.165, 1.54) is 37.7 Å². The van der Waals surface area contributed by atoms with E-state index < -0.39 is 0 Å². The van der Waals surface area contributed by atoms with Crippen LogP contribution in [0.2, 0.25) is 0 Å². The van der Waals surface area contributed by atoms with E-state index in [-0.39, 0.29) is 11.0 Å². The van der Waals surface area contributed by atoms with Gasteiger partial charge in [-0.2, -0.15) is 10.2 Å². The van der Waals surface area contributed by atoms with Crippen LogP contribution in [0.3, 0.4) is 0 Å². The van der Waals surface area contributed by atoms with Crippen LogP contribution in [0, 0.1) is 34.5 Å². The third kappa shape index (κ3) is 3.78. The molecule has 0 spiro atoms. The Morgan fingerprint density at radius 3 is 2.74 bits per heavy atom. The first kappa shape index (κ1) is 21.7. The molecule has 5 atom stereocenters. The van der Waals surface area contributed by atoms with E-state index in [2.05, 4.69) is 53.7 Å². The van der Waals surface area contributed by atoms with Gasteiger partial charge in [0.05, 0.1) is 6.20 Å². The maximum absolute atomic E-state index is 9.64. The van der Waals surface area contributed by atoms with Crippen LogP contribution in [-0.2, 0) is 13.0 Å². The monoisotopic (exact) mass is 458 g/mol. The van der Waals surface area contributed by atoms with Crippen molar-refractivity contribution < 1.29 is 4.74 Å². The lowest BCUT2D eigenvalue weighted by atomic mass is 9.48. The van der Waals surface area contributed by atoms with Crippen molar-refractivity contribution in [1.29, 1.82) is 5.26 Å². The van der Waals surface area contributed by atoms with Gasteiger partial charge in [-0.05, 0) is 74.7 Å². The molecule has 5 aliphatic rings. The van der Waals surface area contributed by atoms with Crippen molar-refractivity contribution in [3.63, 3.8) is 0 Å². The van der Waals surface area contributed by atoms with Crippen LogP contribution in [0.1, 0.15) is 62.6 Å². The lowest BCUT2D eigenvalue weighted by molar-refractivity contribution is -0.0591. The minimum Gasteiger partial charge on any atom is -0.487 e. The smallest absolute Gasteiger partial charge is 0.224 e. The van der Waals surface area contributed by atoms with Crippen molar-refractivity contribution in [2.75, 3.05) is 17.2 Å². The number of ether oxygens (including phenoxy) is 1. The molecule has 1 aliphatic heterocycles. The number of hydrogen-bond acceptors (Lipinski definition) is 7. The van der Waals surface area contributed by atoms with Crippen LogP contribution < -0.4 is 21.1 Å². The number of rotatable bonds is 6. The largest absolute Gasteiger partial charge is 0.487 e. The van der Waals surface area contributed by atoms with Gasteiger partial charge in [0.2, 0.25) is 5.95 Å². The summed E-state index contributed by atoms with van der Waals surface area (Å²) >= 11 is 0. The maximum Gasteiger partial charge on any atom is 0.224 e. The van der Waals surface area contributed by atoms with E-state index in [1.54, 1.807) is 6.20 Å². The molecule has 4 bridgehead atoms. The van der Waals surface area contributed by atoms with E-state index in [9.17, 15) is 5.26 Å². The molecule has 1 aromatic carbocycles. The lowest BCUT2D eigenvalue weighted by Crippen LogP contribution is -2.58. The van der Waals surface area contributed by atoms with Gasteiger partial charge in [0.25, 0.3) is 0 Å². The van der Waals surface area contributed by atoms with Crippen molar-refractivity contribution in [3.8, 4) is 11.8 Å². The number of para-hydroxylation sites is 1. The van der Waals surface area contributed by atoms with Crippen molar-refractivity contribution in [2.24, 2.45) is 28.9 Å². The number of benzene rings is 1. The fourth-order valence-corrected chi connectivity index (χ4v) is 7.40. The number of nitrogens with zero attached hydrogens (tertiary/aromatic N) is 3. The molecule has 7 heteroatoms. The molecule has 7 nitrogen and oxygen atoms in total. The van der Waals surface area contributed by atoms with Crippen LogP contribution in [0.5, 0.6) is 5.75 Å². The first-order chi connectivity index (χ1) is 16.3. The molecule has 4 fully saturated rings. The molecule has 0 radical (unpaired) electrons. The molecule has 34 heavy (non-hydrogen) atoms. The highest BCUT2D eigenvalue weighted by atomic mass is 16.5. The number of anilines is 2. The van der Waals surface area contributed by atoms with Gasteiger partial charge in [-0.1, -0.05) is 18.2 Å². The Kier molecular flexibility index (Phi) is 5.00. The summed E-state index contributed by atoms with van der Waals surface area (Å²) in [4.78, 5) is 9.08. The summed E-state index contributed by atoms with van der Waals surface area (Å²) in [5.41, 5.74) is 9.45. The van der Waals surface area contributed by atoms with Crippen molar-refractivity contribution in [3.05, 3.63) is 41.1 Å². The molecule has 2 aromatic rings. The number of nitrogens with one attached hydrogen (secondary N) is 2. The van der Waals surface area contributed by atoms with Gasteiger partial charge in [0, 0.05) is 31.1 Å². The van der Waals surface area contributed by atoms with E-state index in [4.69, 9.17) is 15.5 Å². The van der Waals surface area contributed by atoms with Crippen LogP contribution in [0.15, 0.2) is 24.4 Å². The van der Waals surface area contributed by atoms with Gasteiger partial charge >= 0.3 is 0 Å². The van der Waals surface area contributed by atoms with Crippen molar-refractivity contribution in [2.45, 2.75) is 70.6 Å². The maximum atomic E-state index is 9.64. The number of nitrogens with two attached hydrogens (primary N) is 1. The second-order valence-electron chi connectivity index (χ2n) is 11.8. The van der Waals surface area contributed by atoms with Crippen LogP contribution in [0.25, 0.3) is 0 Å². The predicted octanol–water partition coefficient (Wildman–Crippen LogP) is 4.24. The van der Waals surface area contributed by atoms with E-state index in [0.717, 1.165) is 30.2 Å². The fourth-order valence-electron chi connectivity index (χ4n) is 7.40. The molecule has 4 N–H and O–H groups in total. The Morgan fingerprint density at radius 1 is 1.18 bits per heavy atom. The molecular formula is C27H34N6O. The zero-order chi connectivity index (χ0) is 23.5. The molecular weight excluding hydrogens is 424 g/mol. The Labute approximate surface area is 201 Å². The van der Waals surface area contributed by atoms with Gasteiger partial charge in [0.15, 0.2) is 0 Å². The zero-order valence-corrected chi connectivity index (χ0v) is 20.1. The third-order valence-corrected chi connectivity index (χ3v) is 8.62. The number of fused-ring (bicyclic) bond motifs is 1. The van der Waals surface area contributed by atoms with E-state index in [0.29, 0.717) is 41.8 Å². The zero-order valence-electron chi connectivity index (χ0n) is 20.1. The average Bonchev–Trinajstić information content (AvgIpc) is 3.13. The molecule has 0 amide bonds. The van der Waals surface area contributed by atoms with Crippen LogP contribution in [0.4, 0.5) is 11.8 Å². The minimum absolute atomic E-state index is 0.179. The highest BCUT2D eigenvalue weighted by Gasteiger charge is 2.54. The highest BCUT2D eigenvalue weighted by molar-refractivity contribution is 5.54. The Bertz CT molecular complexity index is 1140.